The molecule has 0 unspecified atom stereocenters. The number of hydrogen-bond donors (Lipinski definition) is 2. The van der Waals surface area contributed by atoms with E-state index in [-0.39, 0.29) is 0 Å². The van der Waals surface area contributed by atoms with Gasteiger partial charge in [0.25, 0.3) is 0 Å². The summed E-state index contributed by atoms with van der Waals surface area (Å²) < 4.78 is 12.1. The lowest BCUT2D eigenvalue weighted by molar-refractivity contribution is 0.0374. The normalized spacial score (nSPS) is 15.7. The maximum atomic E-state index is 5.82. The molecule has 1 aliphatic rings. The van der Waals surface area contributed by atoms with E-state index in [9.17, 15) is 0 Å². The van der Waals surface area contributed by atoms with E-state index < -0.39 is 0 Å². The van der Waals surface area contributed by atoms with Crippen LogP contribution >= 0.6 is 15.9 Å². The van der Waals surface area contributed by atoms with Gasteiger partial charge in [-0.15, -0.1) is 10.2 Å². The van der Waals surface area contributed by atoms with Crippen molar-refractivity contribution in [1.82, 2.24) is 30.6 Å². The third-order valence-electron chi connectivity index (χ3n) is 4.43. The van der Waals surface area contributed by atoms with Crippen LogP contribution in [0.2, 0.25) is 0 Å². The molecule has 0 amide bonds. The molecular formula is C17H21BrN6O2. The topological polar surface area (TPSA) is 92.1 Å². The van der Waals surface area contributed by atoms with Crippen LogP contribution in [-0.2, 0) is 11.3 Å². The molecule has 1 aliphatic heterocycles. The average molecular weight is 421 g/mol. The van der Waals surface area contributed by atoms with E-state index in [2.05, 4.69) is 46.5 Å². The number of benzene rings is 1. The fraction of sp³-hybridized carbons (Fsp3) is 0.471. The number of aromatic amines is 1. The Bertz CT molecular complexity index is 858. The van der Waals surface area contributed by atoms with Crippen molar-refractivity contribution in [2.45, 2.75) is 13.0 Å². The molecule has 138 valence electrons. The average Bonchev–Trinajstić information content (AvgIpc) is 3.31. The van der Waals surface area contributed by atoms with E-state index in [1.165, 1.54) is 0 Å². The van der Waals surface area contributed by atoms with Crippen molar-refractivity contribution >= 4 is 26.8 Å². The Labute approximate surface area is 159 Å². The first-order valence-electron chi connectivity index (χ1n) is 8.76. The lowest BCUT2D eigenvalue weighted by Crippen LogP contribution is -2.37. The predicted octanol–water partition coefficient (Wildman–Crippen LogP) is 2.19. The van der Waals surface area contributed by atoms with Gasteiger partial charge in [-0.05, 0) is 31.6 Å². The highest BCUT2D eigenvalue weighted by Crippen LogP contribution is 2.30. The summed E-state index contributed by atoms with van der Waals surface area (Å²) in [7, 11) is 0. The second-order valence-corrected chi connectivity index (χ2v) is 7.19. The van der Waals surface area contributed by atoms with Gasteiger partial charge in [-0.3, -0.25) is 10.00 Å². The van der Waals surface area contributed by atoms with Crippen molar-refractivity contribution in [3.8, 4) is 11.5 Å². The number of morpholine rings is 1. The number of hydrogen-bond acceptors (Lipinski definition) is 7. The number of H-pyrrole nitrogens is 1. The van der Waals surface area contributed by atoms with Crippen molar-refractivity contribution in [3.63, 3.8) is 0 Å². The van der Waals surface area contributed by atoms with Gasteiger partial charge in [0, 0.05) is 22.9 Å². The van der Waals surface area contributed by atoms with Crippen LogP contribution in [0.4, 0.5) is 0 Å². The molecule has 8 nitrogen and oxygen atoms in total. The molecule has 1 fully saturated rings. The van der Waals surface area contributed by atoms with Gasteiger partial charge in [-0.25, -0.2) is 0 Å². The molecule has 0 spiro atoms. The van der Waals surface area contributed by atoms with E-state index in [1.807, 2.05) is 12.1 Å². The highest BCUT2D eigenvalue weighted by Gasteiger charge is 2.14. The van der Waals surface area contributed by atoms with Crippen molar-refractivity contribution in [1.29, 1.82) is 0 Å². The Morgan fingerprint density at radius 1 is 1.23 bits per heavy atom. The molecule has 2 aromatic heterocycles. The predicted molar refractivity (Wildman–Crippen MR) is 101 cm³/mol. The van der Waals surface area contributed by atoms with Crippen LogP contribution in [0, 0.1) is 0 Å². The standard InChI is InChI=1S/C17H21BrN6O2/c18-12-8-13(14-10-20-21-15(14)9-12)17-23-22-16(26-17)11-19-2-1-3-24-4-6-25-7-5-24/h8-10,19H,1-7,11H2,(H,20,21). The Morgan fingerprint density at radius 3 is 3.00 bits per heavy atom. The minimum absolute atomic E-state index is 0.503. The second kappa shape index (κ2) is 8.26. The van der Waals surface area contributed by atoms with Gasteiger partial charge in [0.05, 0.1) is 37.0 Å². The van der Waals surface area contributed by atoms with Gasteiger partial charge < -0.3 is 14.5 Å². The van der Waals surface area contributed by atoms with Crippen LogP contribution in [0.5, 0.6) is 0 Å². The van der Waals surface area contributed by atoms with Gasteiger partial charge in [0.2, 0.25) is 11.8 Å². The summed E-state index contributed by atoms with van der Waals surface area (Å²) >= 11 is 3.50. The SMILES string of the molecule is Brc1cc(-c2nnc(CNCCCN3CCOCC3)o2)c2cn[nH]c2c1. The zero-order valence-corrected chi connectivity index (χ0v) is 16.0. The van der Waals surface area contributed by atoms with Gasteiger partial charge in [0.1, 0.15) is 0 Å². The maximum absolute atomic E-state index is 5.82. The molecule has 9 heteroatoms. The Hall–Kier alpha value is -1.81. The summed E-state index contributed by atoms with van der Waals surface area (Å²) in [5.41, 5.74) is 1.80. The largest absolute Gasteiger partial charge is 0.419 e. The first-order chi connectivity index (χ1) is 12.8. The van der Waals surface area contributed by atoms with E-state index >= 15 is 0 Å². The van der Waals surface area contributed by atoms with Crippen molar-refractivity contribution in [2.75, 3.05) is 39.4 Å². The minimum Gasteiger partial charge on any atom is -0.419 e. The van der Waals surface area contributed by atoms with Crippen molar-refractivity contribution < 1.29 is 9.15 Å². The van der Waals surface area contributed by atoms with E-state index in [1.54, 1.807) is 6.20 Å². The molecule has 0 atom stereocenters. The zero-order valence-electron chi connectivity index (χ0n) is 14.4. The monoisotopic (exact) mass is 420 g/mol. The van der Waals surface area contributed by atoms with Crippen molar-refractivity contribution in [3.05, 3.63) is 28.7 Å². The second-order valence-electron chi connectivity index (χ2n) is 6.27. The third-order valence-corrected chi connectivity index (χ3v) is 4.89. The van der Waals surface area contributed by atoms with Gasteiger partial charge in [-0.1, -0.05) is 15.9 Å². The van der Waals surface area contributed by atoms with Gasteiger partial charge >= 0.3 is 0 Å². The molecule has 4 rings (SSSR count). The Balaban J connectivity index is 1.31. The van der Waals surface area contributed by atoms with Crippen LogP contribution in [0.15, 0.2) is 27.2 Å². The number of rotatable bonds is 7. The Morgan fingerprint density at radius 2 is 2.12 bits per heavy atom. The van der Waals surface area contributed by atoms with Gasteiger partial charge in [-0.2, -0.15) is 5.10 Å². The minimum atomic E-state index is 0.503. The van der Waals surface area contributed by atoms with Crippen LogP contribution in [0.1, 0.15) is 12.3 Å². The first-order valence-corrected chi connectivity index (χ1v) is 9.55. The van der Waals surface area contributed by atoms with E-state index in [0.29, 0.717) is 18.3 Å². The molecule has 2 N–H and O–H groups in total. The van der Waals surface area contributed by atoms with Gasteiger partial charge in [0.15, 0.2) is 0 Å². The molecule has 1 saturated heterocycles. The molecule has 3 aromatic rings. The fourth-order valence-corrected chi connectivity index (χ4v) is 3.53. The third kappa shape index (κ3) is 4.12. The Kier molecular flexibility index (Phi) is 5.59. The number of nitrogens with zero attached hydrogens (tertiary/aromatic N) is 4. The number of halogens is 1. The van der Waals surface area contributed by atoms with Crippen LogP contribution in [0.25, 0.3) is 22.4 Å². The van der Waals surface area contributed by atoms with Crippen molar-refractivity contribution in [2.24, 2.45) is 0 Å². The summed E-state index contributed by atoms with van der Waals surface area (Å²) in [6.45, 7) is 6.32. The smallest absolute Gasteiger partial charge is 0.248 e. The molecule has 3 heterocycles. The summed E-state index contributed by atoms with van der Waals surface area (Å²) in [5.74, 6) is 1.09. The number of fused-ring (bicyclic) bond motifs is 1. The number of aromatic nitrogens is 4. The maximum Gasteiger partial charge on any atom is 0.248 e. The molecule has 0 aliphatic carbocycles. The zero-order chi connectivity index (χ0) is 17.8. The molecule has 0 radical (unpaired) electrons. The van der Waals surface area contributed by atoms with Crippen LogP contribution in [-0.4, -0.2) is 64.7 Å². The molecule has 1 aromatic carbocycles. The summed E-state index contributed by atoms with van der Waals surface area (Å²) in [6.07, 6.45) is 2.85. The van der Waals surface area contributed by atoms with Crippen LogP contribution < -0.4 is 5.32 Å². The lowest BCUT2D eigenvalue weighted by atomic mass is 10.1. The molecule has 0 bridgehead atoms. The summed E-state index contributed by atoms with van der Waals surface area (Å²) in [4.78, 5) is 2.43. The summed E-state index contributed by atoms with van der Waals surface area (Å²) in [6, 6.07) is 3.93. The van der Waals surface area contributed by atoms with E-state index in [0.717, 1.165) is 66.8 Å². The highest BCUT2D eigenvalue weighted by atomic mass is 79.9. The highest BCUT2D eigenvalue weighted by molar-refractivity contribution is 9.10. The number of ether oxygens (including phenoxy) is 1. The molecule has 0 saturated carbocycles. The molecular weight excluding hydrogens is 400 g/mol. The van der Waals surface area contributed by atoms with Crippen LogP contribution in [0.3, 0.4) is 0 Å². The fourth-order valence-electron chi connectivity index (χ4n) is 3.07. The lowest BCUT2D eigenvalue weighted by Gasteiger charge is -2.26. The first kappa shape index (κ1) is 17.6. The number of nitrogens with one attached hydrogen (secondary N) is 2. The van der Waals surface area contributed by atoms with E-state index in [4.69, 9.17) is 9.15 Å². The molecule has 26 heavy (non-hydrogen) atoms. The summed E-state index contributed by atoms with van der Waals surface area (Å²) in [5, 5.41) is 19.7. The quantitative estimate of drug-likeness (QED) is 0.565.